The molecule has 96 valence electrons. The summed E-state index contributed by atoms with van der Waals surface area (Å²) in [7, 11) is 3.73. The molecule has 0 unspecified atom stereocenters. The fourth-order valence-electron chi connectivity index (χ4n) is 2.10. The lowest BCUT2D eigenvalue weighted by atomic mass is 10.2. The molecular formula is C13H12N4O2. The van der Waals surface area contributed by atoms with E-state index in [1.165, 1.54) is 0 Å². The molecule has 0 spiro atoms. The minimum absolute atomic E-state index is 0.234. The summed E-state index contributed by atoms with van der Waals surface area (Å²) in [5.74, 6) is -0.231. The third-order valence-electron chi connectivity index (χ3n) is 3.07. The normalized spacial score (nSPS) is 11.1. The summed E-state index contributed by atoms with van der Waals surface area (Å²) in [6.07, 6.45) is 1.84. The lowest BCUT2D eigenvalue weighted by Gasteiger charge is -1.98. The molecule has 3 aromatic rings. The summed E-state index contributed by atoms with van der Waals surface area (Å²) in [5.41, 5.74) is 2.53. The summed E-state index contributed by atoms with van der Waals surface area (Å²) in [6, 6.07) is 6.79. The first kappa shape index (κ1) is 11.5. The molecule has 2 heterocycles. The Hall–Kier alpha value is -2.63. The monoisotopic (exact) mass is 256 g/mol. The second-order valence-electron chi connectivity index (χ2n) is 4.38. The van der Waals surface area contributed by atoms with Crippen LogP contribution in [0, 0.1) is 0 Å². The van der Waals surface area contributed by atoms with Crippen molar-refractivity contribution in [3.8, 4) is 11.5 Å². The van der Waals surface area contributed by atoms with Gasteiger partial charge in [-0.15, -0.1) is 0 Å². The second kappa shape index (κ2) is 3.94. The molecule has 19 heavy (non-hydrogen) atoms. The van der Waals surface area contributed by atoms with Crippen LogP contribution in [0.15, 0.2) is 30.5 Å². The molecule has 0 aliphatic rings. The maximum absolute atomic E-state index is 11.0. The minimum atomic E-state index is -0.952. The molecule has 0 saturated carbocycles. The highest BCUT2D eigenvalue weighted by Gasteiger charge is 2.13. The third kappa shape index (κ3) is 1.77. The van der Waals surface area contributed by atoms with E-state index in [0.29, 0.717) is 5.52 Å². The quantitative estimate of drug-likeness (QED) is 0.757. The number of aromatic nitrogens is 4. The van der Waals surface area contributed by atoms with Crippen molar-refractivity contribution in [2.45, 2.75) is 0 Å². The number of carboxylic acid groups (broad SMARTS) is 1. The molecule has 6 nitrogen and oxygen atoms in total. The number of hydrogen-bond acceptors (Lipinski definition) is 3. The zero-order chi connectivity index (χ0) is 13.6. The fourth-order valence-corrected chi connectivity index (χ4v) is 2.10. The molecule has 0 atom stereocenters. The van der Waals surface area contributed by atoms with Crippen molar-refractivity contribution >= 4 is 17.0 Å². The molecule has 0 aliphatic carbocycles. The van der Waals surface area contributed by atoms with Crippen molar-refractivity contribution in [2.24, 2.45) is 14.1 Å². The molecule has 2 aromatic heterocycles. The van der Waals surface area contributed by atoms with E-state index in [-0.39, 0.29) is 5.56 Å². The molecule has 6 heteroatoms. The van der Waals surface area contributed by atoms with E-state index in [1.807, 2.05) is 30.9 Å². The van der Waals surface area contributed by atoms with Crippen molar-refractivity contribution in [1.82, 2.24) is 19.3 Å². The van der Waals surface area contributed by atoms with Gasteiger partial charge in [-0.3, -0.25) is 4.68 Å². The maximum atomic E-state index is 11.0. The van der Waals surface area contributed by atoms with E-state index in [2.05, 4.69) is 10.1 Å². The average Bonchev–Trinajstić information content (AvgIpc) is 2.93. The Kier molecular flexibility index (Phi) is 2.38. The molecule has 1 aromatic carbocycles. The average molecular weight is 256 g/mol. The Bertz CT molecular complexity index is 785. The van der Waals surface area contributed by atoms with Crippen LogP contribution in [0.4, 0.5) is 0 Å². The highest BCUT2D eigenvalue weighted by molar-refractivity contribution is 5.93. The van der Waals surface area contributed by atoms with Crippen LogP contribution in [0.2, 0.25) is 0 Å². The summed E-state index contributed by atoms with van der Waals surface area (Å²) in [4.78, 5) is 15.4. The van der Waals surface area contributed by atoms with Crippen molar-refractivity contribution in [1.29, 1.82) is 0 Å². The lowest BCUT2D eigenvalue weighted by molar-refractivity contribution is 0.0697. The van der Waals surface area contributed by atoms with E-state index in [0.717, 1.165) is 17.0 Å². The molecule has 1 N–H and O–H groups in total. The number of fused-ring (bicyclic) bond motifs is 1. The summed E-state index contributed by atoms with van der Waals surface area (Å²) < 4.78 is 3.61. The van der Waals surface area contributed by atoms with E-state index in [4.69, 9.17) is 5.11 Å². The van der Waals surface area contributed by atoms with Gasteiger partial charge in [0.2, 0.25) is 0 Å². The Labute approximate surface area is 108 Å². The van der Waals surface area contributed by atoms with Gasteiger partial charge < -0.3 is 9.67 Å². The first-order chi connectivity index (χ1) is 9.06. The Morgan fingerprint density at radius 1 is 1.26 bits per heavy atom. The maximum Gasteiger partial charge on any atom is 0.335 e. The van der Waals surface area contributed by atoms with Crippen LogP contribution in [0.5, 0.6) is 0 Å². The number of carboxylic acids is 1. The van der Waals surface area contributed by atoms with Crippen LogP contribution in [0.25, 0.3) is 22.6 Å². The zero-order valence-corrected chi connectivity index (χ0v) is 10.5. The van der Waals surface area contributed by atoms with Gasteiger partial charge in [-0.25, -0.2) is 9.78 Å². The van der Waals surface area contributed by atoms with Crippen molar-refractivity contribution < 1.29 is 9.90 Å². The van der Waals surface area contributed by atoms with Gasteiger partial charge in [-0.1, -0.05) is 0 Å². The van der Waals surface area contributed by atoms with Crippen molar-refractivity contribution in [2.75, 3.05) is 0 Å². The molecule has 0 amide bonds. The molecule has 0 aliphatic heterocycles. The van der Waals surface area contributed by atoms with E-state index >= 15 is 0 Å². The SMILES string of the molecule is Cn1ccc(-c2nc3cc(C(=O)O)ccc3n2C)n1. The number of imidazole rings is 1. The van der Waals surface area contributed by atoms with Crippen LogP contribution in [0.1, 0.15) is 10.4 Å². The number of carbonyl (C=O) groups is 1. The fraction of sp³-hybridized carbons (Fsp3) is 0.154. The van der Waals surface area contributed by atoms with Crippen LogP contribution < -0.4 is 0 Å². The van der Waals surface area contributed by atoms with Crippen LogP contribution >= 0.6 is 0 Å². The topological polar surface area (TPSA) is 72.9 Å². The number of aryl methyl sites for hydroxylation is 2. The molecule has 0 fully saturated rings. The van der Waals surface area contributed by atoms with Crippen LogP contribution in [-0.4, -0.2) is 30.4 Å². The van der Waals surface area contributed by atoms with Crippen molar-refractivity contribution in [3.63, 3.8) is 0 Å². The van der Waals surface area contributed by atoms with Gasteiger partial charge in [0, 0.05) is 20.3 Å². The summed E-state index contributed by atoms with van der Waals surface area (Å²) >= 11 is 0. The van der Waals surface area contributed by atoms with Gasteiger partial charge in [0.05, 0.1) is 16.6 Å². The Morgan fingerprint density at radius 2 is 2.05 bits per heavy atom. The second-order valence-corrected chi connectivity index (χ2v) is 4.38. The van der Waals surface area contributed by atoms with E-state index in [1.54, 1.807) is 22.9 Å². The summed E-state index contributed by atoms with van der Waals surface area (Å²) in [6.45, 7) is 0. The first-order valence-corrected chi connectivity index (χ1v) is 5.76. The Balaban J connectivity index is 2.22. The Morgan fingerprint density at radius 3 is 2.68 bits per heavy atom. The molecule has 0 bridgehead atoms. The summed E-state index contributed by atoms with van der Waals surface area (Å²) in [5, 5.41) is 13.3. The molecular weight excluding hydrogens is 244 g/mol. The first-order valence-electron chi connectivity index (χ1n) is 5.76. The predicted molar refractivity (Wildman–Crippen MR) is 69.9 cm³/mol. The van der Waals surface area contributed by atoms with Crippen LogP contribution in [-0.2, 0) is 14.1 Å². The largest absolute Gasteiger partial charge is 0.478 e. The highest BCUT2D eigenvalue weighted by Crippen LogP contribution is 2.23. The molecule has 0 saturated heterocycles. The minimum Gasteiger partial charge on any atom is -0.478 e. The smallest absolute Gasteiger partial charge is 0.335 e. The number of nitrogens with zero attached hydrogens (tertiary/aromatic N) is 4. The van der Waals surface area contributed by atoms with E-state index < -0.39 is 5.97 Å². The van der Waals surface area contributed by atoms with Gasteiger partial charge in [-0.05, 0) is 24.3 Å². The molecule has 0 radical (unpaired) electrons. The van der Waals surface area contributed by atoms with Gasteiger partial charge in [0.1, 0.15) is 5.69 Å². The zero-order valence-electron chi connectivity index (χ0n) is 10.5. The number of benzene rings is 1. The predicted octanol–water partition coefficient (Wildman–Crippen LogP) is 1.67. The lowest BCUT2D eigenvalue weighted by Crippen LogP contribution is -1.96. The van der Waals surface area contributed by atoms with Gasteiger partial charge in [-0.2, -0.15) is 5.10 Å². The van der Waals surface area contributed by atoms with E-state index in [9.17, 15) is 4.79 Å². The standard InChI is InChI=1S/C13H12N4O2/c1-16-6-5-9(15-16)12-14-10-7-8(13(18)19)3-4-11(10)17(12)2/h3-7H,1-2H3,(H,18,19). The van der Waals surface area contributed by atoms with Crippen molar-refractivity contribution in [3.05, 3.63) is 36.0 Å². The number of hydrogen-bond donors (Lipinski definition) is 1. The number of rotatable bonds is 2. The highest BCUT2D eigenvalue weighted by atomic mass is 16.4. The van der Waals surface area contributed by atoms with Crippen LogP contribution in [0.3, 0.4) is 0 Å². The third-order valence-corrected chi connectivity index (χ3v) is 3.07. The van der Waals surface area contributed by atoms with Gasteiger partial charge in [0.25, 0.3) is 0 Å². The van der Waals surface area contributed by atoms with Gasteiger partial charge in [0.15, 0.2) is 5.82 Å². The number of aromatic carboxylic acids is 1. The molecule has 3 rings (SSSR count). The van der Waals surface area contributed by atoms with Gasteiger partial charge >= 0.3 is 5.97 Å².